The van der Waals surface area contributed by atoms with Crippen LogP contribution >= 0.6 is 11.6 Å². The van der Waals surface area contributed by atoms with Crippen molar-refractivity contribution in [2.24, 2.45) is 0 Å². The average molecular weight is 449 g/mol. The number of nitrogens with zero attached hydrogens (tertiary/aromatic N) is 2. The highest BCUT2D eigenvalue weighted by Gasteiger charge is 2.47. The van der Waals surface area contributed by atoms with Gasteiger partial charge < -0.3 is 9.84 Å². The van der Waals surface area contributed by atoms with Gasteiger partial charge in [0.1, 0.15) is 17.6 Å². The van der Waals surface area contributed by atoms with Gasteiger partial charge in [-0.15, -0.1) is 0 Å². The molecule has 1 N–H and O–H groups in total. The van der Waals surface area contributed by atoms with Gasteiger partial charge in [-0.25, -0.2) is 0 Å². The molecule has 1 fully saturated rings. The average Bonchev–Trinajstić information content (AvgIpc) is 3.04. The molecule has 1 atom stereocenters. The van der Waals surface area contributed by atoms with Gasteiger partial charge in [0.05, 0.1) is 23.4 Å². The number of ketones is 1. The van der Waals surface area contributed by atoms with Crippen LogP contribution in [0.2, 0.25) is 5.02 Å². The van der Waals surface area contributed by atoms with E-state index in [1.54, 1.807) is 36.5 Å². The van der Waals surface area contributed by atoms with Crippen LogP contribution in [0.25, 0.3) is 5.76 Å². The van der Waals surface area contributed by atoms with Gasteiger partial charge in [-0.1, -0.05) is 23.7 Å². The summed E-state index contributed by atoms with van der Waals surface area (Å²) in [4.78, 5) is 32.1. The second kappa shape index (κ2) is 8.48. The van der Waals surface area contributed by atoms with Crippen LogP contribution in [0.3, 0.4) is 0 Å². The van der Waals surface area contributed by atoms with E-state index in [1.807, 2.05) is 32.0 Å². The lowest BCUT2D eigenvalue weighted by Crippen LogP contribution is -2.30. The molecule has 1 saturated heterocycles. The topological polar surface area (TPSA) is 79.7 Å². The Labute approximate surface area is 190 Å². The van der Waals surface area contributed by atoms with E-state index < -0.39 is 17.7 Å². The van der Waals surface area contributed by atoms with Crippen LogP contribution in [0.4, 0.5) is 5.69 Å². The molecule has 1 aliphatic rings. The van der Waals surface area contributed by atoms with Crippen molar-refractivity contribution in [1.29, 1.82) is 0 Å². The van der Waals surface area contributed by atoms with E-state index in [-0.39, 0.29) is 16.4 Å². The molecule has 0 aliphatic carbocycles. The van der Waals surface area contributed by atoms with Crippen molar-refractivity contribution >= 4 is 34.7 Å². The first-order valence-corrected chi connectivity index (χ1v) is 10.3. The molecule has 4 rings (SSSR count). The molecule has 0 spiro atoms. The van der Waals surface area contributed by atoms with Crippen LogP contribution in [0.15, 0.2) is 66.4 Å². The number of aromatic nitrogens is 1. The zero-order chi connectivity index (χ0) is 23.0. The molecular weight excluding hydrogens is 428 g/mol. The molecule has 3 aromatic rings. The van der Waals surface area contributed by atoms with E-state index in [1.165, 1.54) is 18.1 Å². The molecule has 1 unspecified atom stereocenters. The third-order valence-electron chi connectivity index (χ3n) is 5.32. The Morgan fingerprint density at radius 2 is 1.78 bits per heavy atom. The number of Topliss-reactive ketones (excluding diaryl/α,β-unsaturated/α-hetero) is 1. The predicted molar refractivity (Wildman–Crippen MR) is 123 cm³/mol. The molecule has 1 amide bonds. The second-order valence-electron chi connectivity index (χ2n) is 7.62. The Bertz CT molecular complexity index is 1230. The molecule has 6 nitrogen and oxygen atoms in total. The van der Waals surface area contributed by atoms with Crippen molar-refractivity contribution in [3.8, 4) is 5.75 Å². The molecule has 0 saturated carbocycles. The number of hydrogen-bond donors (Lipinski definition) is 1. The number of benzene rings is 2. The summed E-state index contributed by atoms with van der Waals surface area (Å²) in [5.74, 6) is -1.41. The lowest BCUT2D eigenvalue weighted by molar-refractivity contribution is -0.132. The van der Waals surface area contributed by atoms with Gasteiger partial charge in [0.25, 0.3) is 11.7 Å². The summed E-state index contributed by atoms with van der Waals surface area (Å²) < 4.78 is 5.16. The highest BCUT2D eigenvalue weighted by molar-refractivity contribution is 6.51. The van der Waals surface area contributed by atoms with Gasteiger partial charge in [0.2, 0.25) is 0 Å². The molecule has 7 heteroatoms. The number of aliphatic hydroxyl groups excluding tert-OH is 1. The zero-order valence-corrected chi connectivity index (χ0v) is 18.6. The van der Waals surface area contributed by atoms with E-state index in [0.29, 0.717) is 22.7 Å². The van der Waals surface area contributed by atoms with Crippen molar-refractivity contribution in [3.05, 3.63) is 93.8 Å². The molecule has 2 aromatic carbocycles. The van der Waals surface area contributed by atoms with E-state index >= 15 is 0 Å². The Hall–Kier alpha value is -3.64. The van der Waals surface area contributed by atoms with Crippen LogP contribution in [0, 0.1) is 13.8 Å². The van der Waals surface area contributed by atoms with Gasteiger partial charge in [-0.2, -0.15) is 0 Å². The van der Waals surface area contributed by atoms with Crippen LogP contribution in [-0.2, 0) is 9.59 Å². The van der Waals surface area contributed by atoms with Gasteiger partial charge in [-0.3, -0.25) is 19.5 Å². The molecule has 0 radical (unpaired) electrons. The Balaban J connectivity index is 1.95. The Morgan fingerprint density at radius 3 is 2.38 bits per heavy atom. The van der Waals surface area contributed by atoms with E-state index in [0.717, 1.165) is 11.1 Å². The minimum absolute atomic E-state index is 0.0471. The maximum atomic E-state index is 13.2. The number of hydrogen-bond acceptors (Lipinski definition) is 5. The van der Waals surface area contributed by atoms with Crippen molar-refractivity contribution in [1.82, 2.24) is 4.98 Å². The van der Waals surface area contributed by atoms with Crippen LogP contribution < -0.4 is 9.64 Å². The van der Waals surface area contributed by atoms with Crippen molar-refractivity contribution < 1.29 is 19.4 Å². The van der Waals surface area contributed by atoms with E-state index in [2.05, 4.69) is 4.98 Å². The summed E-state index contributed by atoms with van der Waals surface area (Å²) in [5, 5.41) is 11.4. The quantitative estimate of drug-likeness (QED) is 0.345. The van der Waals surface area contributed by atoms with E-state index in [9.17, 15) is 14.7 Å². The van der Waals surface area contributed by atoms with Crippen molar-refractivity contribution in [2.45, 2.75) is 19.9 Å². The first-order valence-electron chi connectivity index (χ1n) is 9.96. The molecule has 1 aliphatic heterocycles. The second-order valence-corrected chi connectivity index (χ2v) is 8.03. The normalized spacial score (nSPS) is 17.6. The fourth-order valence-electron chi connectivity index (χ4n) is 3.98. The number of pyridine rings is 1. The largest absolute Gasteiger partial charge is 0.507 e. The first kappa shape index (κ1) is 21.6. The summed E-state index contributed by atoms with van der Waals surface area (Å²) in [6, 6.07) is 14.7. The van der Waals surface area contributed by atoms with Crippen LogP contribution in [0.1, 0.15) is 28.4 Å². The molecule has 2 heterocycles. The fraction of sp³-hybridized carbons (Fsp3) is 0.160. The number of amides is 1. The van der Waals surface area contributed by atoms with Crippen molar-refractivity contribution in [2.75, 3.05) is 12.0 Å². The Kier molecular flexibility index (Phi) is 5.72. The maximum absolute atomic E-state index is 13.2. The number of rotatable bonds is 4. The predicted octanol–water partition coefficient (Wildman–Crippen LogP) is 4.99. The van der Waals surface area contributed by atoms with Gasteiger partial charge in [0.15, 0.2) is 0 Å². The molecule has 0 bridgehead atoms. The number of carbonyl (C=O) groups excluding carboxylic acids is 2. The Morgan fingerprint density at radius 1 is 1.06 bits per heavy atom. The third kappa shape index (κ3) is 3.74. The number of methoxy groups -OCH3 is 1. The summed E-state index contributed by atoms with van der Waals surface area (Å²) in [6.07, 6.45) is 1.58. The number of ether oxygens (including phenoxy) is 1. The lowest BCUT2D eigenvalue weighted by atomic mass is 9.98. The van der Waals surface area contributed by atoms with Gasteiger partial charge >= 0.3 is 0 Å². The first-order chi connectivity index (χ1) is 15.3. The number of aliphatic hydroxyl groups is 1. The van der Waals surface area contributed by atoms with Gasteiger partial charge in [0, 0.05) is 17.4 Å². The minimum atomic E-state index is -0.890. The standard InChI is InChI=1S/C25H21ClN2O4/c1-14-10-15(2)12-17(11-14)28-22(19-6-4-5-9-27-19)21(24(30)25(28)31)23(29)16-7-8-20(32-3)18(26)13-16/h4-13,22,29H,1-3H3/b23-21-. The monoisotopic (exact) mass is 448 g/mol. The third-order valence-corrected chi connectivity index (χ3v) is 5.62. The number of carbonyl (C=O) groups is 2. The lowest BCUT2D eigenvalue weighted by Gasteiger charge is -2.25. The summed E-state index contributed by atoms with van der Waals surface area (Å²) in [5.41, 5.74) is 3.18. The summed E-state index contributed by atoms with van der Waals surface area (Å²) in [6.45, 7) is 3.84. The van der Waals surface area contributed by atoms with Crippen LogP contribution in [0.5, 0.6) is 5.75 Å². The summed E-state index contributed by atoms with van der Waals surface area (Å²) >= 11 is 6.22. The highest BCUT2D eigenvalue weighted by atomic mass is 35.5. The highest BCUT2D eigenvalue weighted by Crippen LogP contribution is 2.42. The SMILES string of the molecule is COc1ccc(/C(O)=C2/C(=O)C(=O)N(c3cc(C)cc(C)c3)C2c2ccccn2)cc1Cl. The number of aryl methyl sites for hydroxylation is 2. The minimum Gasteiger partial charge on any atom is -0.507 e. The molecular formula is C25H21ClN2O4. The smallest absolute Gasteiger partial charge is 0.300 e. The van der Waals surface area contributed by atoms with Gasteiger partial charge in [-0.05, 0) is 67.4 Å². The number of anilines is 1. The zero-order valence-electron chi connectivity index (χ0n) is 17.8. The number of halogens is 1. The fourth-order valence-corrected chi connectivity index (χ4v) is 4.23. The molecule has 32 heavy (non-hydrogen) atoms. The maximum Gasteiger partial charge on any atom is 0.300 e. The van der Waals surface area contributed by atoms with Crippen molar-refractivity contribution in [3.63, 3.8) is 0 Å². The molecule has 1 aromatic heterocycles. The molecule has 162 valence electrons. The van der Waals surface area contributed by atoms with E-state index in [4.69, 9.17) is 16.3 Å². The van der Waals surface area contributed by atoms with Crippen LogP contribution in [-0.4, -0.2) is 28.9 Å². The summed E-state index contributed by atoms with van der Waals surface area (Å²) in [7, 11) is 1.48.